The molecule has 0 radical (unpaired) electrons. The number of phenolic OH excluding ortho intramolecular Hbond substituents is 2. The van der Waals surface area contributed by atoms with Crippen molar-refractivity contribution in [2.45, 2.75) is 51.7 Å². The molecule has 0 bridgehead atoms. The van der Waals surface area contributed by atoms with Gasteiger partial charge in [0, 0.05) is 29.2 Å². The summed E-state index contributed by atoms with van der Waals surface area (Å²) in [5.74, 6) is -1.73. The number of Topliss-reactive ketones (excluding diaryl/α,β-unsaturated/α-hetero) is 1. The Hall–Kier alpha value is -3.23. The van der Waals surface area contributed by atoms with Crippen molar-refractivity contribution in [2.24, 2.45) is 5.92 Å². The molecule has 2 atom stereocenters. The van der Waals surface area contributed by atoms with Gasteiger partial charge >= 0.3 is 0 Å². The highest BCUT2D eigenvalue weighted by Crippen LogP contribution is 2.47. The van der Waals surface area contributed by atoms with Gasteiger partial charge in [-0.2, -0.15) is 0 Å². The third-order valence-electron chi connectivity index (χ3n) is 6.76. The third kappa shape index (κ3) is 4.08. The van der Waals surface area contributed by atoms with E-state index in [-0.39, 0.29) is 57.6 Å². The Kier molecular flexibility index (Phi) is 6.72. The minimum Gasteiger partial charge on any atom is -0.507 e. The number of ether oxygens (including phenoxy) is 2. The fourth-order valence-electron chi connectivity index (χ4n) is 4.88. The van der Waals surface area contributed by atoms with E-state index in [0.717, 1.165) is 25.9 Å². The molecule has 2 unspecified atom stereocenters. The summed E-state index contributed by atoms with van der Waals surface area (Å²) < 4.78 is 10.0. The number of hydrogen-bond acceptors (Lipinski definition) is 8. The van der Waals surface area contributed by atoms with Crippen LogP contribution in [-0.2, 0) is 22.4 Å². The van der Waals surface area contributed by atoms with E-state index in [4.69, 9.17) is 14.6 Å². The van der Waals surface area contributed by atoms with Crippen molar-refractivity contribution in [3.05, 3.63) is 51.6 Å². The van der Waals surface area contributed by atoms with Crippen LogP contribution < -0.4 is 4.74 Å². The van der Waals surface area contributed by atoms with Gasteiger partial charge in [0.1, 0.15) is 23.0 Å². The Morgan fingerprint density at radius 1 is 1.00 bits per heavy atom. The number of fused-ring (bicyclic) bond motifs is 3. The van der Waals surface area contributed by atoms with Crippen LogP contribution >= 0.6 is 0 Å². The molecule has 34 heavy (non-hydrogen) atoms. The number of methoxy groups -OCH3 is 1. The van der Waals surface area contributed by atoms with Gasteiger partial charge in [-0.05, 0) is 51.5 Å². The molecule has 5 rings (SSSR count). The van der Waals surface area contributed by atoms with Crippen molar-refractivity contribution in [3.8, 4) is 17.2 Å². The summed E-state index contributed by atoms with van der Waals surface area (Å²) >= 11 is 0. The van der Waals surface area contributed by atoms with Gasteiger partial charge in [0.05, 0.1) is 23.8 Å². The summed E-state index contributed by atoms with van der Waals surface area (Å²) in [4.78, 5) is 37.9. The first-order valence-corrected chi connectivity index (χ1v) is 11.4. The van der Waals surface area contributed by atoms with Crippen LogP contribution in [0.25, 0.3) is 0 Å². The molecule has 180 valence electrons. The third-order valence-corrected chi connectivity index (χ3v) is 6.76. The molecule has 2 aliphatic carbocycles. The van der Waals surface area contributed by atoms with Crippen LogP contribution in [0.15, 0.2) is 18.2 Å². The molecular weight excluding hydrogens is 440 g/mol. The predicted molar refractivity (Wildman–Crippen MR) is 122 cm³/mol. The number of hydrogen-bond donors (Lipinski definition) is 3. The van der Waals surface area contributed by atoms with Crippen molar-refractivity contribution >= 4 is 17.3 Å². The maximum Gasteiger partial charge on any atom is 0.202 e. The number of aliphatic hydroxyl groups is 1. The standard InChI is InChI=1S/C21H18O6.C5H10O2/c1-9(22)10-6-7-11-13(8-10)20(25)16-17(18(11)23)21(26)15-12(19(16)24)4-3-5-14(15)27-2;6-5-3-1-2-4-7-5/h3-5,10,23,25H,6-8H2,1-2H3;5-6H,1-4H2. The zero-order valence-corrected chi connectivity index (χ0v) is 19.2. The van der Waals surface area contributed by atoms with Crippen LogP contribution in [0.1, 0.15) is 75.6 Å². The van der Waals surface area contributed by atoms with Gasteiger partial charge in [-0.3, -0.25) is 14.4 Å². The minimum atomic E-state index is -0.554. The Labute approximate surface area is 197 Å². The molecule has 0 saturated carbocycles. The molecule has 1 aliphatic heterocycles. The molecule has 3 aliphatic rings. The zero-order chi connectivity index (χ0) is 24.6. The van der Waals surface area contributed by atoms with Crippen molar-refractivity contribution < 1.29 is 39.2 Å². The highest BCUT2D eigenvalue weighted by atomic mass is 16.6. The average molecular weight is 469 g/mol. The van der Waals surface area contributed by atoms with Crippen LogP contribution in [0, 0.1) is 5.92 Å². The van der Waals surface area contributed by atoms with Gasteiger partial charge in [0.2, 0.25) is 5.78 Å². The molecule has 8 heteroatoms. The fourth-order valence-corrected chi connectivity index (χ4v) is 4.88. The van der Waals surface area contributed by atoms with E-state index in [1.165, 1.54) is 20.1 Å². The van der Waals surface area contributed by atoms with Gasteiger partial charge in [-0.1, -0.05) is 12.1 Å². The lowest BCUT2D eigenvalue weighted by Gasteiger charge is -2.29. The molecule has 1 fully saturated rings. The van der Waals surface area contributed by atoms with Crippen LogP contribution in [-0.4, -0.2) is 52.7 Å². The second-order valence-electron chi connectivity index (χ2n) is 8.82. The molecule has 1 heterocycles. The van der Waals surface area contributed by atoms with Crippen LogP contribution in [0.2, 0.25) is 0 Å². The van der Waals surface area contributed by atoms with Gasteiger partial charge in [0.15, 0.2) is 12.1 Å². The summed E-state index contributed by atoms with van der Waals surface area (Å²) in [6.07, 6.45) is 3.69. The van der Waals surface area contributed by atoms with Crippen LogP contribution in [0.3, 0.4) is 0 Å². The minimum absolute atomic E-state index is 0.00487. The molecule has 0 amide bonds. The monoisotopic (exact) mass is 468 g/mol. The summed E-state index contributed by atoms with van der Waals surface area (Å²) in [6.45, 7) is 2.23. The average Bonchev–Trinajstić information content (AvgIpc) is 2.84. The van der Waals surface area contributed by atoms with E-state index in [0.29, 0.717) is 24.0 Å². The SMILES string of the molecule is COc1cccc2c1C(=O)c1c(O)c3c(c(O)c1C2=O)CC(C(C)=O)CC3.OC1CCCCO1. The van der Waals surface area contributed by atoms with Gasteiger partial charge < -0.3 is 24.8 Å². The van der Waals surface area contributed by atoms with E-state index in [1.54, 1.807) is 12.1 Å². The smallest absolute Gasteiger partial charge is 0.202 e. The first kappa shape index (κ1) is 23.9. The van der Waals surface area contributed by atoms with Crippen molar-refractivity contribution in [1.82, 2.24) is 0 Å². The Balaban J connectivity index is 0.000000336. The van der Waals surface area contributed by atoms with E-state index in [9.17, 15) is 24.6 Å². The van der Waals surface area contributed by atoms with Crippen molar-refractivity contribution in [3.63, 3.8) is 0 Å². The summed E-state index contributed by atoms with van der Waals surface area (Å²) in [7, 11) is 1.40. The molecule has 2 aromatic rings. The fraction of sp³-hybridized carbons (Fsp3) is 0.423. The number of ketones is 3. The van der Waals surface area contributed by atoms with Gasteiger partial charge in [-0.25, -0.2) is 0 Å². The summed E-state index contributed by atoms with van der Waals surface area (Å²) in [5, 5.41) is 30.3. The van der Waals surface area contributed by atoms with E-state index < -0.39 is 17.9 Å². The number of rotatable bonds is 2. The van der Waals surface area contributed by atoms with E-state index >= 15 is 0 Å². The molecule has 0 spiro atoms. The lowest BCUT2D eigenvalue weighted by Crippen LogP contribution is -2.26. The topological polar surface area (TPSA) is 130 Å². The summed E-state index contributed by atoms with van der Waals surface area (Å²) in [6, 6.07) is 4.66. The van der Waals surface area contributed by atoms with Crippen LogP contribution in [0.5, 0.6) is 17.2 Å². The van der Waals surface area contributed by atoms with Gasteiger partial charge in [-0.15, -0.1) is 0 Å². The number of benzene rings is 2. The quantitative estimate of drug-likeness (QED) is 0.489. The van der Waals surface area contributed by atoms with Gasteiger partial charge in [0.25, 0.3) is 0 Å². The summed E-state index contributed by atoms with van der Waals surface area (Å²) in [5.41, 5.74) is 0.647. The number of carbonyl (C=O) groups excluding carboxylic acids is 3. The molecule has 0 aromatic heterocycles. The highest BCUT2D eigenvalue weighted by Gasteiger charge is 2.40. The number of aliphatic hydroxyl groups excluding tert-OH is 1. The Bertz CT molecular complexity index is 1160. The normalized spacial score (nSPS) is 20.9. The van der Waals surface area contributed by atoms with Crippen molar-refractivity contribution in [1.29, 1.82) is 0 Å². The highest BCUT2D eigenvalue weighted by molar-refractivity contribution is 6.31. The second kappa shape index (κ2) is 9.56. The molecule has 1 saturated heterocycles. The Morgan fingerprint density at radius 2 is 1.71 bits per heavy atom. The van der Waals surface area contributed by atoms with E-state index in [1.807, 2.05) is 0 Å². The van der Waals surface area contributed by atoms with Crippen LogP contribution in [0.4, 0.5) is 0 Å². The molecule has 3 N–H and O–H groups in total. The van der Waals surface area contributed by atoms with Crippen molar-refractivity contribution in [2.75, 3.05) is 13.7 Å². The number of phenols is 2. The predicted octanol–water partition coefficient (Wildman–Crippen LogP) is 3.08. The number of aromatic hydroxyl groups is 2. The lowest BCUT2D eigenvalue weighted by atomic mass is 9.75. The second-order valence-corrected chi connectivity index (χ2v) is 8.82. The Morgan fingerprint density at radius 3 is 2.29 bits per heavy atom. The largest absolute Gasteiger partial charge is 0.507 e. The maximum atomic E-state index is 13.1. The van der Waals surface area contributed by atoms with E-state index in [2.05, 4.69) is 0 Å². The first-order valence-electron chi connectivity index (χ1n) is 11.4. The molecule has 8 nitrogen and oxygen atoms in total. The lowest BCUT2D eigenvalue weighted by molar-refractivity contribution is -0.123. The zero-order valence-electron chi connectivity index (χ0n) is 19.2. The molecular formula is C26H28O8. The number of carbonyl (C=O) groups is 3. The molecule has 2 aromatic carbocycles. The first-order chi connectivity index (χ1) is 16.3. The maximum absolute atomic E-state index is 13.1.